The van der Waals surface area contributed by atoms with E-state index in [1.54, 1.807) is 12.1 Å². The fourth-order valence-corrected chi connectivity index (χ4v) is 1.79. The monoisotopic (exact) mass is 267 g/mol. The second-order valence-electron chi connectivity index (χ2n) is 3.63. The third-order valence-corrected chi connectivity index (χ3v) is 2.69. The van der Waals surface area contributed by atoms with E-state index in [4.69, 9.17) is 11.6 Å². The molecule has 0 aliphatic heterocycles. The summed E-state index contributed by atoms with van der Waals surface area (Å²) in [4.78, 5) is 14.4. The summed E-state index contributed by atoms with van der Waals surface area (Å²) in [7, 11) is 0. The lowest BCUT2D eigenvalue weighted by molar-refractivity contribution is -0.383. The Labute approximate surface area is 107 Å². The third-order valence-electron chi connectivity index (χ3n) is 2.39. The summed E-state index contributed by atoms with van der Waals surface area (Å²) in [5.41, 5.74) is 0.196. The topological polar surface area (TPSA) is 96.7 Å². The Morgan fingerprint density at radius 3 is 2.94 bits per heavy atom. The highest BCUT2D eigenvalue weighted by atomic mass is 35.5. The quantitative estimate of drug-likeness (QED) is 0.655. The predicted octanol–water partition coefficient (Wildman–Crippen LogP) is 2.54. The van der Waals surface area contributed by atoms with Crippen LogP contribution >= 0.6 is 11.6 Å². The summed E-state index contributed by atoms with van der Waals surface area (Å²) in [6.45, 7) is 1.81. The second-order valence-corrected chi connectivity index (χ2v) is 4.04. The normalized spacial score (nSPS) is 12.1. The number of nitro groups is 1. The number of nitro benzene ring substituents is 1. The van der Waals surface area contributed by atoms with Gasteiger partial charge in [0, 0.05) is 0 Å². The SMILES string of the molecule is CC(Nc1cccc(Cl)c1[N+](=O)[O-])c1ncn[nH]1. The number of nitrogens with zero attached hydrogens (tertiary/aromatic N) is 3. The minimum absolute atomic E-state index is 0.0924. The fourth-order valence-electron chi connectivity index (χ4n) is 1.54. The van der Waals surface area contributed by atoms with Crippen molar-refractivity contribution >= 4 is 23.0 Å². The Bertz CT molecular complexity index is 557. The molecule has 2 N–H and O–H groups in total. The summed E-state index contributed by atoms with van der Waals surface area (Å²) in [5, 5.41) is 20.4. The largest absolute Gasteiger partial charge is 0.370 e. The van der Waals surface area contributed by atoms with Crippen LogP contribution in [0.15, 0.2) is 24.5 Å². The number of para-hydroxylation sites is 1. The minimum atomic E-state index is -0.516. The first-order valence-electron chi connectivity index (χ1n) is 5.14. The first-order valence-corrected chi connectivity index (χ1v) is 5.52. The molecular weight excluding hydrogens is 258 g/mol. The van der Waals surface area contributed by atoms with Gasteiger partial charge in [-0.25, -0.2) is 4.98 Å². The maximum Gasteiger partial charge on any atom is 0.310 e. The van der Waals surface area contributed by atoms with Crippen molar-refractivity contribution in [1.82, 2.24) is 15.2 Å². The minimum Gasteiger partial charge on any atom is -0.370 e. The van der Waals surface area contributed by atoms with Gasteiger partial charge in [0.25, 0.3) is 0 Å². The van der Waals surface area contributed by atoms with Crippen LogP contribution in [0.5, 0.6) is 0 Å². The first-order chi connectivity index (χ1) is 8.59. The maximum atomic E-state index is 11.0. The molecule has 1 aromatic heterocycles. The molecule has 0 aliphatic carbocycles. The Hall–Kier alpha value is -2.15. The molecule has 18 heavy (non-hydrogen) atoms. The molecule has 0 aliphatic rings. The van der Waals surface area contributed by atoms with E-state index in [1.807, 2.05) is 6.92 Å². The number of aromatic nitrogens is 3. The van der Waals surface area contributed by atoms with E-state index in [0.717, 1.165) is 0 Å². The van der Waals surface area contributed by atoms with Crippen LogP contribution in [0.25, 0.3) is 0 Å². The van der Waals surface area contributed by atoms with Crippen molar-refractivity contribution < 1.29 is 4.92 Å². The maximum absolute atomic E-state index is 11.0. The standard InChI is InChI=1S/C10H10ClN5O2/c1-6(10-12-5-13-15-10)14-8-4-2-3-7(11)9(8)16(17)18/h2-6,14H,1H3,(H,12,13,15). The molecule has 0 bridgehead atoms. The van der Waals surface area contributed by atoms with Crippen LogP contribution in [-0.4, -0.2) is 20.1 Å². The summed E-state index contributed by atoms with van der Waals surface area (Å²) < 4.78 is 0. The molecule has 2 rings (SSSR count). The molecule has 1 aromatic carbocycles. The highest BCUT2D eigenvalue weighted by Crippen LogP contribution is 2.33. The molecule has 1 heterocycles. The van der Waals surface area contributed by atoms with Gasteiger partial charge in [0.2, 0.25) is 0 Å². The molecule has 0 amide bonds. The zero-order valence-corrected chi connectivity index (χ0v) is 10.2. The molecule has 8 heteroatoms. The molecule has 1 atom stereocenters. The molecule has 0 fully saturated rings. The van der Waals surface area contributed by atoms with E-state index in [1.165, 1.54) is 12.4 Å². The number of hydrogen-bond donors (Lipinski definition) is 2. The van der Waals surface area contributed by atoms with Crippen molar-refractivity contribution in [3.63, 3.8) is 0 Å². The van der Waals surface area contributed by atoms with Crippen molar-refractivity contribution in [1.29, 1.82) is 0 Å². The third kappa shape index (κ3) is 2.40. The number of rotatable bonds is 4. The van der Waals surface area contributed by atoms with Gasteiger partial charge in [0.15, 0.2) is 0 Å². The van der Waals surface area contributed by atoms with Crippen LogP contribution in [0.3, 0.4) is 0 Å². The Morgan fingerprint density at radius 2 is 2.33 bits per heavy atom. The van der Waals surface area contributed by atoms with Gasteiger partial charge in [0.05, 0.1) is 11.0 Å². The van der Waals surface area contributed by atoms with Crippen molar-refractivity contribution in [3.05, 3.63) is 45.5 Å². The van der Waals surface area contributed by atoms with E-state index < -0.39 is 4.92 Å². The lowest BCUT2D eigenvalue weighted by Crippen LogP contribution is -2.10. The van der Waals surface area contributed by atoms with Crippen LogP contribution in [0, 0.1) is 10.1 Å². The van der Waals surface area contributed by atoms with E-state index >= 15 is 0 Å². The van der Waals surface area contributed by atoms with Crippen LogP contribution in [0.2, 0.25) is 5.02 Å². The molecular formula is C10H10ClN5O2. The molecule has 2 aromatic rings. The molecule has 94 valence electrons. The Kier molecular flexibility index (Phi) is 3.42. The van der Waals surface area contributed by atoms with Gasteiger partial charge >= 0.3 is 5.69 Å². The van der Waals surface area contributed by atoms with E-state index in [0.29, 0.717) is 11.5 Å². The highest BCUT2D eigenvalue weighted by Gasteiger charge is 2.20. The molecule has 0 spiro atoms. The van der Waals surface area contributed by atoms with Gasteiger partial charge < -0.3 is 5.32 Å². The molecule has 0 radical (unpaired) electrons. The number of aromatic amines is 1. The lowest BCUT2D eigenvalue weighted by atomic mass is 10.2. The van der Waals surface area contributed by atoms with Crippen LogP contribution in [-0.2, 0) is 0 Å². The summed E-state index contributed by atoms with van der Waals surface area (Å²) in [6.07, 6.45) is 1.37. The molecule has 0 saturated heterocycles. The fraction of sp³-hybridized carbons (Fsp3) is 0.200. The van der Waals surface area contributed by atoms with E-state index in [-0.39, 0.29) is 16.8 Å². The number of halogens is 1. The average molecular weight is 268 g/mol. The van der Waals surface area contributed by atoms with Gasteiger partial charge in [-0.1, -0.05) is 17.7 Å². The summed E-state index contributed by atoms with van der Waals surface area (Å²) >= 11 is 5.82. The average Bonchev–Trinajstić information content (AvgIpc) is 2.81. The number of hydrogen-bond acceptors (Lipinski definition) is 5. The lowest BCUT2D eigenvalue weighted by Gasteiger charge is -2.12. The number of anilines is 1. The Balaban J connectivity index is 2.29. The van der Waals surface area contributed by atoms with Crippen LogP contribution in [0.4, 0.5) is 11.4 Å². The van der Waals surface area contributed by atoms with Gasteiger partial charge in [-0.05, 0) is 19.1 Å². The second kappa shape index (κ2) is 5.01. The van der Waals surface area contributed by atoms with Gasteiger partial charge in [-0.2, -0.15) is 5.10 Å². The van der Waals surface area contributed by atoms with Crippen LogP contribution in [0.1, 0.15) is 18.8 Å². The van der Waals surface area contributed by atoms with Crippen molar-refractivity contribution in [2.24, 2.45) is 0 Å². The summed E-state index contributed by atoms with van der Waals surface area (Å²) in [6, 6.07) is 4.47. The van der Waals surface area contributed by atoms with Crippen molar-refractivity contribution in [2.45, 2.75) is 13.0 Å². The van der Waals surface area contributed by atoms with E-state index in [2.05, 4.69) is 20.5 Å². The van der Waals surface area contributed by atoms with Gasteiger partial charge in [-0.15, -0.1) is 0 Å². The number of nitrogens with one attached hydrogen (secondary N) is 2. The molecule has 1 unspecified atom stereocenters. The smallest absolute Gasteiger partial charge is 0.310 e. The number of H-pyrrole nitrogens is 1. The first kappa shape index (κ1) is 12.3. The van der Waals surface area contributed by atoms with Crippen LogP contribution < -0.4 is 5.32 Å². The van der Waals surface area contributed by atoms with Crippen molar-refractivity contribution in [2.75, 3.05) is 5.32 Å². The Morgan fingerprint density at radius 1 is 1.56 bits per heavy atom. The highest BCUT2D eigenvalue weighted by molar-refractivity contribution is 6.33. The number of benzene rings is 1. The van der Waals surface area contributed by atoms with E-state index in [9.17, 15) is 10.1 Å². The van der Waals surface area contributed by atoms with Crippen molar-refractivity contribution in [3.8, 4) is 0 Å². The zero-order chi connectivity index (χ0) is 13.1. The summed E-state index contributed by atoms with van der Waals surface area (Å²) in [5.74, 6) is 0.587. The predicted molar refractivity (Wildman–Crippen MR) is 66.5 cm³/mol. The zero-order valence-electron chi connectivity index (χ0n) is 9.42. The van der Waals surface area contributed by atoms with Gasteiger partial charge in [0.1, 0.15) is 22.9 Å². The molecule has 0 saturated carbocycles. The van der Waals surface area contributed by atoms with Gasteiger partial charge in [-0.3, -0.25) is 15.2 Å². The molecule has 7 nitrogen and oxygen atoms in total.